The van der Waals surface area contributed by atoms with E-state index in [1.807, 2.05) is 0 Å². The number of ether oxygens (including phenoxy) is 2. The summed E-state index contributed by atoms with van der Waals surface area (Å²) in [5.41, 5.74) is 0.517. The summed E-state index contributed by atoms with van der Waals surface area (Å²) in [6.45, 7) is 7.48. The van der Waals surface area contributed by atoms with Gasteiger partial charge in [-0.1, -0.05) is 20.3 Å². The van der Waals surface area contributed by atoms with Crippen LogP contribution in [0.25, 0.3) is 0 Å². The van der Waals surface area contributed by atoms with E-state index in [2.05, 4.69) is 19.9 Å². The van der Waals surface area contributed by atoms with Crippen LogP contribution in [0, 0.1) is 28.6 Å². The Kier molecular flexibility index (Phi) is 5.50. The molecule has 0 aromatic carbocycles. The number of hydrogen-bond acceptors (Lipinski definition) is 6. The molecule has 1 N–H and O–H groups in total. The summed E-state index contributed by atoms with van der Waals surface area (Å²) in [4.78, 5) is 23.7. The highest BCUT2D eigenvalue weighted by atomic mass is 16.5. The molecule has 3 aliphatic rings. The van der Waals surface area contributed by atoms with Crippen LogP contribution < -0.4 is 0 Å². The average Bonchev–Trinajstić information content (AvgIpc) is 3.16. The van der Waals surface area contributed by atoms with Crippen LogP contribution in [0.2, 0.25) is 0 Å². The number of hydrogen-bond donors (Lipinski definition) is 1. The van der Waals surface area contributed by atoms with E-state index >= 15 is 0 Å². The number of carbonyl (C=O) groups is 2. The maximum absolute atomic E-state index is 12.1. The van der Waals surface area contributed by atoms with Gasteiger partial charge in [0.1, 0.15) is 11.9 Å². The number of esters is 2. The van der Waals surface area contributed by atoms with E-state index in [1.165, 1.54) is 19.4 Å². The Bertz CT molecular complexity index is 814. The summed E-state index contributed by atoms with van der Waals surface area (Å²) in [6.07, 6.45) is 5.82. The summed E-state index contributed by atoms with van der Waals surface area (Å²) in [5.74, 6) is 1.42. The van der Waals surface area contributed by atoms with Crippen LogP contribution in [0.1, 0.15) is 70.6 Å². The summed E-state index contributed by atoms with van der Waals surface area (Å²) in [5, 5.41) is 10.6. The molecule has 2 saturated carbocycles. The zero-order valence-corrected chi connectivity index (χ0v) is 18.5. The lowest BCUT2D eigenvalue weighted by Crippen LogP contribution is -2.63. The fourth-order valence-electron chi connectivity index (χ4n) is 7.37. The zero-order valence-electron chi connectivity index (χ0n) is 18.5. The molecule has 166 valence electrons. The molecule has 3 aliphatic carbocycles. The third-order valence-corrected chi connectivity index (χ3v) is 8.51. The standard InChI is InChI=1S/C24H34O6/c1-14-17-6-9-28-20(17)11-19-18(14)10-21(30-16(3)27)22-23(19,4)7-5-8-24(22,12-25)13-29-15(2)26/h6,9,14,18-19,21-22,25H,5,7-8,10-13H2,1-4H3/t14-,18-,19-,21+,22-,23+,24+/m0/s1. The van der Waals surface area contributed by atoms with Gasteiger partial charge in [-0.3, -0.25) is 9.59 Å². The lowest BCUT2D eigenvalue weighted by molar-refractivity contribution is -0.215. The fourth-order valence-corrected chi connectivity index (χ4v) is 7.37. The smallest absolute Gasteiger partial charge is 0.302 e. The molecule has 0 radical (unpaired) electrons. The van der Waals surface area contributed by atoms with Crippen LogP contribution in [0.15, 0.2) is 16.7 Å². The van der Waals surface area contributed by atoms with E-state index in [1.54, 1.807) is 6.26 Å². The van der Waals surface area contributed by atoms with Crippen molar-refractivity contribution in [2.75, 3.05) is 13.2 Å². The topological polar surface area (TPSA) is 86.0 Å². The van der Waals surface area contributed by atoms with E-state index in [9.17, 15) is 14.7 Å². The van der Waals surface area contributed by atoms with E-state index in [-0.39, 0.29) is 42.6 Å². The molecule has 1 heterocycles. The summed E-state index contributed by atoms with van der Waals surface area (Å²) in [6, 6.07) is 2.07. The monoisotopic (exact) mass is 418 g/mol. The van der Waals surface area contributed by atoms with Gasteiger partial charge >= 0.3 is 11.9 Å². The Morgan fingerprint density at radius 3 is 2.70 bits per heavy atom. The Balaban J connectivity index is 1.78. The van der Waals surface area contributed by atoms with Crippen LogP contribution in [0.5, 0.6) is 0 Å². The molecule has 0 unspecified atom stereocenters. The highest BCUT2D eigenvalue weighted by Crippen LogP contribution is 2.65. The van der Waals surface area contributed by atoms with Gasteiger partial charge in [0.2, 0.25) is 0 Å². The number of fused-ring (bicyclic) bond motifs is 4. The van der Waals surface area contributed by atoms with Crippen molar-refractivity contribution in [2.45, 2.75) is 71.8 Å². The molecule has 7 atom stereocenters. The van der Waals surface area contributed by atoms with Gasteiger partial charge in [-0.15, -0.1) is 0 Å². The first-order valence-corrected chi connectivity index (χ1v) is 11.2. The Labute approximate surface area is 178 Å². The highest BCUT2D eigenvalue weighted by Gasteiger charge is 2.64. The van der Waals surface area contributed by atoms with Crippen molar-refractivity contribution in [3.05, 3.63) is 23.7 Å². The fraction of sp³-hybridized carbons (Fsp3) is 0.750. The first-order chi connectivity index (χ1) is 14.2. The van der Waals surface area contributed by atoms with Gasteiger partial charge in [-0.05, 0) is 54.1 Å². The molecule has 6 heteroatoms. The Morgan fingerprint density at radius 1 is 1.27 bits per heavy atom. The normalized spacial score (nSPS) is 40.0. The largest absolute Gasteiger partial charge is 0.469 e. The van der Waals surface area contributed by atoms with Gasteiger partial charge in [-0.2, -0.15) is 0 Å². The molecule has 1 aromatic heterocycles. The van der Waals surface area contributed by atoms with Crippen molar-refractivity contribution in [3.63, 3.8) is 0 Å². The van der Waals surface area contributed by atoms with Gasteiger partial charge < -0.3 is 19.0 Å². The zero-order chi connectivity index (χ0) is 21.7. The number of aliphatic hydroxyl groups excluding tert-OH is 1. The molecule has 0 saturated heterocycles. The second-order valence-corrected chi connectivity index (χ2v) is 10.1. The molecule has 0 spiro atoms. The van der Waals surface area contributed by atoms with E-state index in [0.717, 1.165) is 37.9 Å². The molecule has 0 aliphatic heterocycles. The first kappa shape index (κ1) is 21.4. The molecule has 2 fully saturated rings. The minimum Gasteiger partial charge on any atom is -0.469 e. The van der Waals surface area contributed by atoms with Crippen molar-refractivity contribution >= 4 is 11.9 Å². The minimum absolute atomic E-state index is 0.0723. The third kappa shape index (κ3) is 3.28. The second kappa shape index (κ2) is 7.70. The minimum atomic E-state index is -0.601. The second-order valence-electron chi connectivity index (χ2n) is 10.1. The molecule has 4 rings (SSSR count). The maximum Gasteiger partial charge on any atom is 0.302 e. The van der Waals surface area contributed by atoms with Gasteiger partial charge in [0.25, 0.3) is 0 Å². The van der Waals surface area contributed by atoms with Gasteiger partial charge in [0, 0.05) is 31.6 Å². The molecule has 1 aromatic rings. The van der Waals surface area contributed by atoms with Crippen molar-refractivity contribution < 1.29 is 28.6 Å². The highest BCUT2D eigenvalue weighted by molar-refractivity contribution is 5.66. The average molecular weight is 419 g/mol. The molecular formula is C24H34O6. The quantitative estimate of drug-likeness (QED) is 0.748. The number of carbonyl (C=O) groups excluding carboxylic acids is 2. The maximum atomic E-state index is 12.1. The van der Waals surface area contributed by atoms with Crippen molar-refractivity contribution in [2.24, 2.45) is 28.6 Å². The summed E-state index contributed by atoms with van der Waals surface area (Å²) >= 11 is 0. The van der Waals surface area contributed by atoms with E-state index in [0.29, 0.717) is 17.8 Å². The lowest BCUT2D eigenvalue weighted by Gasteiger charge is -2.63. The third-order valence-electron chi connectivity index (χ3n) is 8.51. The molecule has 30 heavy (non-hydrogen) atoms. The van der Waals surface area contributed by atoms with Crippen molar-refractivity contribution in [3.8, 4) is 0 Å². The van der Waals surface area contributed by atoms with Crippen molar-refractivity contribution in [1.82, 2.24) is 0 Å². The molecule has 6 nitrogen and oxygen atoms in total. The van der Waals surface area contributed by atoms with Crippen molar-refractivity contribution in [1.29, 1.82) is 0 Å². The predicted molar refractivity (Wildman–Crippen MR) is 110 cm³/mol. The van der Waals surface area contributed by atoms with Gasteiger partial charge in [-0.25, -0.2) is 0 Å². The van der Waals surface area contributed by atoms with E-state index < -0.39 is 5.41 Å². The summed E-state index contributed by atoms with van der Waals surface area (Å²) < 4.78 is 17.3. The van der Waals surface area contributed by atoms with Gasteiger partial charge in [0.15, 0.2) is 0 Å². The first-order valence-electron chi connectivity index (χ1n) is 11.2. The van der Waals surface area contributed by atoms with Crippen LogP contribution in [-0.2, 0) is 25.5 Å². The lowest BCUT2D eigenvalue weighted by atomic mass is 9.42. The number of aliphatic hydroxyl groups is 1. The van der Waals surface area contributed by atoms with E-state index in [4.69, 9.17) is 13.9 Å². The van der Waals surface area contributed by atoms with Gasteiger partial charge in [0.05, 0.1) is 19.5 Å². The van der Waals surface area contributed by atoms with Crippen LogP contribution >= 0.6 is 0 Å². The summed E-state index contributed by atoms with van der Waals surface area (Å²) in [7, 11) is 0. The molecule has 0 amide bonds. The Morgan fingerprint density at radius 2 is 2.03 bits per heavy atom. The SMILES string of the molecule is CC(=O)OC[C@]1(CO)CCC[C@@]2(C)[C@@H]1[C@H](OC(C)=O)C[C@H]1[C@@H](C)c3ccoc3C[C@@H]12. The molecule has 0 bridgehead atoms. The van der Waals surface area contributed by atoms with Crippen LogP contribution in [-0.4, -0.2) is 36.4 Å². The van der Waals surface area contributed by atoms with Crippen LogP contribution in [0.3, 0.4) is 0 Å². The van der Waals surface area contributed by atoms with Crippen LogP contribution in [0.4, 0.5) is 0 Å². The Hall–Kier alpha value is -1.82. The number of furan rings is 1. The molecular weight excluding hydrogens is 384 g/mol. The number of rotatable bonds is 4. The predicted octanol–water partition coefficient (Wildman–Crippen LogP) is 3.86.